The number of hydrogen-bond acceptors (Lipinski definition) is 4. The maximum Gasteiger partial charge on any atom is 0.319 e. The Morgan fingerprint density at radius 3 is 2.34 bits per heavy atom. The Labute approximate surface area is 170 Å². The van der Waals surface area contributed by atoms with Crippen molar-refractivity contribution in [1.82, 2.24) is 10.6 Å². The first-order valence-corrected chi connectivity index (χ1v) is 9.36. The maximum atomic E-state index is 12.5. The van der Waals surface area contributed by atoms with Crippen molar-refractivity contribution in [2.24, 2.45) is 0 Å². The van der Waals surface area contributed by atoms with Crippen molar-refractivity contribution in [3.63, 3.8) is 0 Å². The SMILES string of the molecule is CCNC(=O)COc1cccc(NC(=O)c2cccc(NC(=O)NC(C)C)c2)c1. The van der Waals surface area contributed by atoms with E-state index in [9.17, 15) is 14.4 Å². The molecular weight excluding hydrogens is 372 g/mol. The molecule has 8 heteroatoms. The van der Waals surface area contributed by atoms with Gasteiger partial charge >= 0.3 is 6.03 Å². The van der Waals surface area contributed by atoms with Gasteiger partial charge in [-0.15, -0.1) is 0 Å². The standard InChI is InChI=1S/C21H26N4O4/c1-4-22-19(26)13-29-18-10-6-9-17(12-18)24-20(27)15-7-5-8-16(11-15)25-21(28)23-14(2)3/h5-12,14H,4,13H2,1-3H3,(H,22,26)(H,24,27)(H2,23,25,28). The van der Waals surface area contributed by atoms with E-state index >= 15 is 0 Å². The van der Waals surface area contributed by atoms with Crippen LogP contribution < -0.4 is 26.0 Å². The van der Waals surface area contributed by atoms with Gasteiger partial charge in [0.1, 0.15) is 5.75 Å². The Kier molecular flexibility index (Phi) is 8.02. The van der Waals surface area contributed by atoms with E-state index < -0.39 is 0 Å². The quantitative estimate of drug-likeness (QED) is 0.548. The van der Waals surface area contributed by atoms with Crippen LogP contribution in [0.4, 0.5) is 16.2 Å². The highest BCUT2D eigenvalue weighted by Crippen LogP contribution is 2.19. The smallest absolute Gasteiger partial charge is 0.319 e. The summed E-state index contributed by atoms with van der Waals surface area (Å²) in [5.74, 6) is -0.0821. The molecule has 0 atom stereocenters. The van der Waals surface area contributed by atoms with Crippen LogP contribution in [0.3, 0.4) is 0 Å². The third kappa shape index (κ3) is 7.53. The predicted octanol–water partition coefficient (Wildman–Crippen LogP) is 2.98. The van der Waals surface area contributed by atoms with Crippen molar-refractivity contribution in [1.29, 1.82) is 0 Å². The summed E-state index contributed by atoms with van der Waals surface area (Å²) < 4.78 is 5.42. The third-order valence-electron chi connectivity index (χ3n) is 3.64. The Bertz CT molecular complexity index is 867. The van der Waals surface area contributed by atoms with Crippen molar-refractivity contribution in [2.45, 2.75) is 26.8 Å². The summed E-state index contributed by atoms with van der Waals surface area (Å²) >= 11 is 0. The average molecular weight is 398 g/mol. The molecule has 154 valence electrons. The molecule has 0 saturated carbocycles. The van der Waals surface area contributed by atoms with Gasteiger partial charge in [-0.05, 0) is 51.1 Å². The molecule has 4 amide bonds. The zero-order valence-corrected chi connectivity index (χ0v) is 16.7. The number of urea groups is 1. The van der Waals surface area contributed by atoms with E-state index in [1.165, 1.54) is 0 Å². The molecule has 0 saturated heterocycles. The molecule has 0 fully saturated rings. The molecule has 0 aliphatic heterocycles. The number of ether oxygens (including phenoxy) is 1. The fourth-order valence-corrected chi connectivity index (χ4v) is 2.43. The van der Waals surface area contributed by atoms with Crippen molar-refractivity contribution < 1.29 is 19.1 Å². The summed E-state index contributed by atoms with van der Waals surface area (Å²) in [4.78, 5) is 35.9. The number of hydrogen-bond donors (Lipinski definition) is 4. The van der Waals surface area contributed by atoms with Crippen LogP contribution in [-0.4, -0.2) is 37.0 Å². The monoisotopic (exact) mass is 398 g/mol. The number of likely N-dealkylation sites (N-methyl/N-ethyl adjacent to an activating group) is 1. The molecule has 4 N–H and O–H groups in total. The Hall–Kier alpha value is -3.55. The number of nitrogens with one attached hydrogen (secondary N) is 4. The van der Waals surface area contributed by atoms with Gasteiger partial charge in [0.05, 0.1) is 0 Å². The lowest BCUT2D eigenvalue weighted by atomic mass is 10.2. The lowest BCUT2D eigenvalue weighted by Gasteiger charge is -2.12. The van der Waals surface area contributed by atoms with E-state index in [1.54, 1.807) is 48.5 Å². The highest BCUT2D eigenvalue weighted by Gasteiger charge is 2.10. The van der Waals surface area contributed by atoms with Crippen LogP contribution in [0, 0.1) is 0 Å². The van der Waals surface area contributed by atoms with Gasteiger partial charge in [-0.25, -0.2) is 4.79 Å². The predicted molar refractivity (Wildman–Crippen MR) is 112 cm³/mol. The van der Waals surface area contributed by atoms with Crippen LogP contribution in [0.1, 0.15) is 31.1 Å². The number of benzene rings is 2. The zero-order chi connectivity index (χ0) is 21.2. The van der Waals surface area contributed by atoms with Crippen LogP contribution in [-0.2, 0) is 4.79 Å². The summed E-state index contributed by atoms with van der Waals surface area (Å²) in [6, 6.07) is 13.1. The molecule has 0 heterocycles. The highest BCUT2D eigenvalue weighted by atomic mass is 16.5. The minimum atomic E-state index is -0.338. The second-order valence-corrected chi connectivity index (χ2v) is 6.56. The van der Waals surface area contributed by atoms with Gasteiger partial charge in [0, 0.05) is 35.6 Å². The number of amides is 4. The average Bonchev–Trinajstić information content (AvgIpc) is 2.66. The number of anilines is 2. The van der Waals surface area contributed by atoms with Gasteiger partial charge in [-0.3, -0.25) is 9.59 Å². The zero-order valence-electron chi connectivity index (χ0n) is 16.7. The van der Waals surface area contributed by atoms with Gasteiger partial charge in [-0.2, -0.15) is 0 Å². The van der Waals surface area contributed by atoms with E-state index in [2.05, 4.69) is 21.3 Å². The van der Waals surface area contributed by atoms with Gasteiger partial charge < -0.3 is 26.0 Å². The molecule has 0 aliphatic rings. The minimum absolute atomic E-state index is 0.00373. The lowest BCUT2D eigenvalue weighted by molar-refractivity contribution is -0.122. The van der Waals surface area contributed by atoms with Gasteiger partial charge in [-0.1, -0.05) is 12.1 Å². The Balaban J connectivity index is 1.99. The Morgan fingerprint density at radius 1 is 0.966 bits per heavy atom. The van der Waals surface area contributed by atoms with Crippen molar-refractivity contribution in [2.75, 3.05) is 23.8 Å². The fraction of sp³-hybridized carbons (Fsp3) is 0.286. The molecule has 8 nitrogen and oxygen atoms in total. The molecule has 2 aromatic carbocycles. The topological polar surface area (TPSA) is 109 Å². The van der Waals surface area contributed by atoms with Crippen molar-refractivity contribution >= 4 is 29.2 Å². The van der Waals surface area contributed by atoms with E-state index in [1.807, 2.05) is 20.8 Å². The first-order valence-electron chi connectivity index (χ1n) is 9.36. The number of carbonyl (C=O) groups is 3. The van der Waals surface area contributed by atoms with E-state index in [0.717, 1.165) is 0 Å². The molecule has 0 radical (unpaired) electrons. The van der Waals surface area contributed by atoms with Crippen molar-refractivity contribution in [3.05, 3.63) is 54.1 Å². The van der Waals surface area contributed by atoms with Crippen LogP contribution in [0.5, 0.6) is 5.75 Å². The molecule has 2 aromatic rings. The summed E-state index contributed by atoms with van der Waals surface area (Å²) in [6.07, 6.45) is 0. The molecule has 0 spiro atoms. The summed E-state index contributed by atoms with van der Waals surface area (Å²) in [6.45, 7) is 5.98. The molecular formula is C21H26N4O4. The van der Waals surface area contributed by atoms with E-state index in [4.69, 9.17) is 4.74 Å². The minimum Gasteiger partial charge on any atom is -0.484 e. The molecule has 0 bridgehead atoms. The second kappa shape index (κ2) is 10.7. The third-order valence-corrected chi connectivity index (χ3v) is 3.64. The highest BCUT2D eigenvalue weighted by molar-refractivity contribution is 6.05. The number of carbonyl (C=O) groups excluding carboxylic acids is 3. The van der Waals surface area contributed by atoms with Crippen LogP contribution in [0.25, 0.3) is 0 Å². The second-order valence-electron chi connectivity index (χ2n) is 6.56. The van der Waals surface area contributed by atoms with Gasteiger partial charge in [0.15, 0.2) is 6.61 Å². The molecule has 29 heavy (non-hydrogen) atoms. The normalized spacial score (nSPS) is 10.2. The Morgan fingerprint density at radius 2 is 1.66 bits per heavy atom. The van der Waals surface area contributed by atoms with Crippen molar-refractivity contribution in [3.8, 4) is 5.75 Å². The summed E-state index contributed by atoms with van der Waals surface area (Å²) in [7, 11) is 0. The van der Waals surface area contributed by atoms with E-state index in [0.29, 0.717) is 29.2 Å². The van der Waals surface area contributed by atoms with Gasteiger partial charge in [0.2, 0.25) is 0 Å². The van der Waals surface area contributed by atoms with Gasteiger partial charge in [0.25, 0.3) is 11.8 Å². The van der Waals surface area contributed by atoms with Crippen LogP contribution in [0.15, 0.2) is 48.5 Å². The first-order chi connectivity index (χ1) is 13.9. The van der Waals surface area contributed by atoms with E-state index in [-0.39, 0.29) is 30.5 Å². The largest absolute Gasteiger partial charge is 0.484 e. The first kappa shape index (κ1) is 21.7. The summed E-state index contributed by atoms with van der Waals surface area (Å²) in [5, 5.41) is 10.8. The molecule has 2 rings (SSSR count). The maximum absolute atomic E-state index is 12.5. The lowest BCUT2D eigenvalue weighted by Crippen LogP contribution is -2.34. The van der Waals surface area contributed by atoms with Crippen LogP contribution in [0.2, 0.25) is 0 Å². The molecule has 0 unspecified atom stereocenters. The number of rotatable bonds is 8. The summed E-state index contributed by atoms with van der Waals surface area (Å²) in [5.41, 5.74) is 1.43. The fourth-order valence-electron chi connectivity index (χ4n) is 2.43. The molecule has 0 aromatic heterocycles. The molecule has 0 aliphatic carbocycles. The van der Waals surface area contributed by atoms with Crippen LogP contribution >= 0.6 is 0 Å².